The SMILES string of the molecule is COc1ccc(C(=O)N(C)C(C)c2ccccc2)cc1. The van der Waals surface area contributed by atoms with E-state index in [2.05, 4.69) is 0 Å². The molecule has 2 rings (SSSR count). The zero-order valence-electron chi connectivity index (χ0n) is 12.0. The molecule has 3 heteroatoms. The number of amides is 1. The van der Waals surface area contributed by atoms with Gasteiger partial charge in [-0.1, -0.05) is 30.3 Å². The number of hydrogen-bond donors (Lipinski definition) is 0. The number of carbonyl (C=O) groups is 1. The second kappa shape index (κ2) is 6.24. The normalized spacial score (nSPS) is 11.8. The van der Waals surface area contributed by atoms with E-state index in [1.54, 1.807) is 36.3 Å². The van der Waals surface area contributed by atoms with E-state index in [1.165, 1.54) is 0 Å². The van der Waals surface area contributed by atoms with Crippen molar-refractivity contribution < 1.29 is 9.53 Å². The molecular weight excluding hydrogens is 250 g/mol. The van der Waals surface area contributed by atoms with Gasteiger partial charge in [-0.15, -0.1) is 0 Å². The van der Waals surface area contributed by atoms with Crippen LogP contribution in [0, 0.1) is 0 Å². The van der Waals surface area contributed by atoms with E-state index in [0.717, 1.165) is 11.3 Å². The van der Waals surface area contributed by atoms with Crippen LogP contribution in [0.15, 0.2) is 54.6 Å². The van der Waals surface area contributed by atoms with Gasteiger partial charge in [0.2, 0.25) is 0 Å². The zero-order chi connectivity index (χ0) is 14.5. The van der Waals surface area contributed by atoms with Crippen LogP contribution in [0.1, 0.15) is 28.9 Å². The molecule has 104 valence electrons. The molecule has 0 saturated heterocycles. The van der Waals surface area contributed by atoms with E-state index in [-0.39, 0.29) is 11.9 Å². The quantitative estimate of drug-likeness (QED) is 0.849. The fraction of sp³-hybridized carbons (Fsp3) is 0.235. The Balaban J connectivity index is 2.15. The predicted octanol–water partition coefficient (Wildman–Crippen LogP) is 3.53. The Morgan fingerprint density at radius 1 is 1.05 bits per heavy atom. The van der Waals surface area contributed by atoms with Gasteiger partial charge in [-0.25, -0.2) is 0 Å². The van der Waals surface area contributed by atoms with Crippen LogP contribution in [0.2, 0.25) is 0 Å². The molecule has 0 aliphatic heterocycles. The molecule has 0 fully saturated rings. The minimum atomic E-state index is 0.00371. The lowest BCUT2D eigenvalue weighted by Gasteiger charge is -2.25. The van der Waals surface area contributed by atoms with E-state index in [9.17, 15) is 4.79 Å². The van der Waals surface area contributed by atoms with Crippen molar-refractivity contribution in [2.75, 3.05) is 14.2 Å². The Morgan fingerprint density at radius 2 is 1.65 bits per heavy atom. The van der Waals surface area contributed by atoms with Crippen molar-refractivity contribution in [3.05, 3.63) is 65.7 Å². The highest BCUT2D eigenvalue weighted by Gasteiger charge is 2.18. The average Bonchev–Trinajstić information content (AvgIpc) is 2.53. The molecule has 0 heterocycles. The third kappa shape index (κ3) is 2.99. The molecule has 0 aromatic heterocycles. The summed E-state index contributed by atoms with van der Waals surface area (Å²) in [5, 5.41) is 0. The van der Waals surface area contributed by atoms with Crippen molar-refractivity contribution in [3.63, 3.8) is 0 Å². The Hall–Kier alpha value is -2.29. The minimum absolute atomic E-state index is 0.00371. The molecule has 1 unspecified atom stereocenters. The standard InChI is InChI=1S/C17H19NO2/c1-13(14-7-5-4-6-8-14)18(2)17(19)15-9-11-16(20-3)12-10-15/h4-13H,1-3H3. The molecule has 1 amide bonds. The fourth-order valence-electron chi connectivity index (χ4n) is 2.07. The van der Waals surface area contributed by atoms with Gasteiger partial charge in [0.1, 0.15) is 5.75 Å². The van der Waals surface area contributed by atoms with Crippen LogP contribution in [0.5, 0.6) is 5.75 Å². The van der Waals surface area contributed by atoms with Crippen LogP contribution >= 0.6 is 0 Å². The second-order valence-corrected chi connectivity index (χ2v) is 4.73. The van der Waals surface area contributed by atoms with Gasteiger partial charge in [0, 0.05) is 12.6 Å². The Kier molecular flexibility index (Phi) is 4.41. The smallest absolute Gasteiger partial charge is 0.254 e. The summed E-state index contributed by atoms with van der Waals surface area (Å²) < 4.78 is 5.10. The molecule has 0 bridgehead atoms. The molecular formula is C17H19NO2. The lowest BCUT2D eigenvalue weighted by atomic mass is 10.1. The first-order valence-corrected chi connectivity index (χ1v) is 6.59. The van der Waals surface area contributed by atoms with Crippen LogP contribution < -0.4 is 4.74 Å². The third-order valence-electron chi connectivity index (χ3n) is 3.52. The third-order valence-corrected chi connectivity index (χ3v) is 3.52. The fourth-order valence-corrected chi connectivity index (χ4v) is 2.07. The zero-order valence-corrected chi connectivity index (χ0v) is 12.0. The van der Waals surface area contributed by atoms with E-state index in [4.69, 9.17) is 4.74 Å². The Labute approximate surface area is 119 Å². The summed E-state index contributed by atoms with van der Waals surface area (Å²) in [5.41, 5.74) is 1.79. The topological polar surface area (TPSA) is 29.5 Å². The summed E-state index contributed by atoms with van der Waals surface area (Å²) in [7, 11) is 3.44. The average molecular weight is 269 g/mol. The molecule has 0 radical (unpaired) electrons. The summed E-state index contributed by atoms with van der Waals surface area (Å²) in [6.07, 6.45) is 0. The molecule has 2 aromatic carbocycles. The minimum Gasteiger partial charge on any atom is -0.497 e. The summed E-state index contributed by atoms with van der Waals surface area (Å²) in [6, 6.07) is 17.2. The number of carbonyl (C=O) groups excluding carboxylic acids is 1. The monoisotopic (exact) mass is 269 g/mol. The van der Waals surface area contributed by atoms with Crippen molar-refractivity contribution in [2.45, 2.75) is 13.0 Å². The molecule has 0 saturated carbocycles. The van der Waals surface area contributed by atoms with Gasteiger partial charge in [-0.05, 0) is 36.8 Å². The van der Waals surface area contributed by atoms with Crippen molar-refractivity contribution in [1.29, 1.82) is 0 Å². The molecule has 0 aliphatic carbocycles. The van der Waals surface area contributed by atoms with Crippen LogP contribution in [0.3, 0.4) is 0 Å². The van der Waals surface area contributed by atoms with Crippen LogP contribution in [-0.2, 0) is 0 Å². The van der Waals surface area contributed by atoms with Crippen LogP contribution in [-0.4, -0.2) is 25.0 Å². The van der Waals surface area contributed by atoms with Crippen molar-refractivity contribution in [2.24, 2.45) is 0 Å². The molecule has 3 nitrogen and oxygen atoms in total. The van der Waals surface area contributed by atoms with Gasteiger partial charge in [0.05, 0.1) is 13.2 Å². The molecule has 20 heavy (non-hydrogen) atoms. The van der Waals surface area contributed by atoms with E-state index >= 15 is 0 Å². The molecule has 1 atom stereocenters. The largest absolute Gasteiger partial charge is 0.497 e. The molecule has 2 aromatic rings. The molecule has 0 N–H and O–H groups in total. The van der Waals surface area contributed by atoms with Gasteiger partial charge < -0.3 is 9.64 Å². The van der Waals surface area contributed by atoms with Gasteiger partial charge in [-0.3, -0.25) is 4.79 Å². The van der Waals surface area contributed by atoms with Crippen LogP contribution in [0.25, 0.3) is 0 Å². The first kappa shape index (κ1) is 14.1. The summed E-state index contributed by atoms with van der Waals surface area (Å²) >= 11 is 0. The first-order chi connectivity index (χ1) is 9.63. The number of hydrogen-bond acceptors (Lipinski definition) is 2. The van der Waals surface area contributed by atoms with E-state index in [1.807, 2.05) is 44.3 Å². The maximum atomic E-state index is 12.4. The number of nitrogens with zero attached hydrogens (tertiary/aromatic N) is 1. The summed E-state index contributed by atoms with van der Waals surface area (Å²) in [6.45, 7) is 2.02. The summed E-state index contributed by atoms with van der Waals surface area (Å²) in [5.74, 6) is 0.754. The maximum Gasteiger partial charge on any atom is 0.254 e. The lowest BCUT2D eigenvalue weighted by Crippen LogP contribution is -2.29. The number of ether oxygens (including phenoxy) is 1. The van der Waals surface area contributed by atoms with Gasteiger partial charge >= 0.3 is 0 Å². The Morgan fingerprint density at radius 3 is 2.20 bits per heavy atom. The highest BCUT2D eigenvalue weighted by atomic mass is 16.5. The number of rotatable bonds is 4. The van der Waals surface area contributed by atoms with Crippen molar-refractivity contribution in [1.82, 2.24) is 4.90 Å². The molecule has 0 spiro atoms. The second-order valence-electron chi connectivity index (χ2n) is 4.73. The van der Waals surface area contributed by atoms with Crippen LogP contribution in [0.4, 0.5) is 0 Å². The van der Waals surface area contributed by atoms with E-state index in [0.29, 0.717) is 5.56 Å². The number of methoxy groups -OCH3 is 1. The van der Waals surface area contributed by atoms with Crippen molar-refractivity contribution >= 4 is 5.91 Å². The molecule has 0 aliphatic rings. The number of benzene rings is 2. The van der Waals surface area contributed by atoms with Gasteiger partial charge in [0.15, 0.2) is 0 Å². The van der Waals surface area contributed by atoms with Crippen molar-refractivity contribution in [3.8, 4) is 5.75 Å². The lowest BCUT2D eigenvalue weighted by molar-refractivity contribution is 0.0742. The highest BCUT2D eigenvalue weighted by molar-refractivity contribution is 5.94. The first-order valence-electron chi connectivity index (χ1n) is 6.59. The van der Waals surface area contributed by atoms with E-state index < -0.39 is 0 Å². The maximum absolute atomic E-state index is 12.4. The van der Waals surface area contributed by atoms with Gasteiger partial charge in [0.25, 0.3) is 5.91 Å². The predicted molar refractivity (Wildman–Crippen MR) is 79.9 cm³/mol. The van der Waals surface area contributed by atoms with Gasteiger partial charge in [-0.2, -0.15) is 0 Å². The summed E-state index contributed by atoms with van der Waals surface area (Å²) in [4.78, 5) is 14.2. The highest BCUT2D eigenvalue weighted by Crippen LogP contribution is 2.21. The Bertz CT molecular complexity index is 563.